The van der Waals surface area contributed by atoms with E-state index >= 15 is 0 Å². The Morgan fingerprint density at radius 2 is 2.00 bits per heavy atom. The quantitative estimate of drug-likeness (QED) is 0.816. The lowest BCUT2D eigenvalue weighted by atomic mass is 9.77. The summed E-state index contributed by atoms with van der Waals surface area (Å²) < 4.78 is 0. The molecule has 0 bridgehead atoms. The summed E-state index contributed by atoms with van der Waals surface area (Å²) in [5.41, 5.74) is 9.60. The van der Waals surface area contributed by atoms with E-state index in [9.17, 15) is 0 Å². The molecule has 1 aromatic rings. The van der Waals surface area contributed by atoms with Gasteiger partial charge in [-0.1, -0.05) is 44.4 Å². The first-order chi connectivity index (χ1) is 8.19. The molecule has 1 aliphatic carbocycles. The van der Waals surface area contributed by atoms with E-state index in [1.807, 2.05) is 11.8 Å². The molecular weight excluding hydrogens is 226 g/mol. The van der Waals surface area contributed by atoms with Crippen LogP contribution >= 0.6 is 11.8 Å². The minimum absolute atomic E-state index is 0.0410. The molecule has 1 aliphatic heterocycles. The van der Waals surface area contributed by atoms with Gasteiger partial charge in [0.1, 0.15) is 0 Å². The number of hydrogen-bond acceptors (Lipinski definition) is 2. The average Bonchev–Trinajstić information content (AvgIpc) is 2.69. The predicted octanol–water partition coefficient (Wildman–Crippen LogP) is 3.84. The highest BCUT2D eigenvalue weighted by atomic mass is 32.2. The van der Waals surface area contributed by atoms with Crippen LogP contribution in [-0.2, 0) is 12.0 Å². The van der Waals surface area contributed by atoms with E-state index in [0.717, 1.165) is 5.25 Å². The van der Waals surface area contributed by atoms with Crippen LogP contribution in [0.3, 0.4) is 0 Å². The molecule has 1 aromatic carbocycles. The van der Waals surface area contributed by atoms with Gasteiger partial charge in [-0.05, 0) is 30.4 Å². The molecule has 0 spiro atoms. The highest BCUT2D eigenvalue weighted by Gasteiger charge is 2.34. The van der Waals surface area contributed by atoms with Crippen molar-refractivity contribution in [3.8, 4) is 0 Å². The Balaban J connectivity index is 2.01. The lowest BCUT2D eigenvalue weighted by Crippen LogP contribution is -2.39. The molecule has 3 rings (SSSR count). The molecule has 1 nitrogen and oxygen atoms in total. The number of rotatable bonds is 1. The van der Waals surface area contributed by atoms with Crippen LogP contribution in [0.1, 0.15) is 50.2 Å². The maximum Gasteiger partial charge on any atom is 0.0420 e. The van der Waals surface area contributed by atoms with Crippen LogP contribution in [-0.4, -0.2) is 5.25 Å². The van der Waals surface area contributed by atoms with Gasteiger partial charge in [0, 0.05) is 15.7 Å². The van der Waals surface area contributed by atoms with Gasteiger partial charge in [-0.25, -0.2) is 0 Å². The molecule has 0 radical (unpaired) electrons. The fraction of sp³-hybridized carbons (Fsp3) is 0.600. The molecule has 0 aromatic heterocycles. The Hall–Kier alpha value is -0.470. The summed E-state index contributed by atoms with van der Waals surface area (Å²) in [5.74, 6) is 0. The van der Waals surface area contributed by atoms with Gasteiger partial charge in [0.2, 0.25) is 0 Å². The van der Waals surface area contributed by atoms with E-state index in [2.05, 4.69) is 25.1 Å². The van der Waals surface area contributed by atoms with E-state index in [0.29, 0.717) is 0 Å². The highest BCUT2D eigenvalue weighted by molar-refractivity contribution is 8.00. The zero-order valence-electron chi connectivity index (χ0n) is 10.5. The first-order valence-corrected chi connectivity index (χ1v) is 7.65. The monoisotopic (exact) mass is 247 g/mol. The number of benzene rings is 1. The van der Waals surface area contributed by atoms with Gasteiger partial charge in [0.15, 0.2) is 0 Å². The third kappa shape index (κ3) is 2.02. The predicted molar refractivity (Wildman–Crippen MR) is 74.4 cm³/mol. The highest BCUT2D eigenvalue weighted by Crippen LogP contribution is 2.45. The van der Waals surface area contributed by atoms with Crippen LogP contribution in [0.4, 0.5) is 0 Å². The van der Waals surface area contributed by atoms with Gasteiger partial charge < -0.3 is 5.73 Å². The Morgan fingerprint density at radius 1 is 1.24 bits per heavy atom. The maximum atomic E-state index is 6.69. The van der Waals surface area contributed by atoms with Gasteiger partial charge in [-0.3, -0.25) is 0 Å². The Labute approximate surface area is 108 Å². The fourth-order valence-electron chi connectivity index (χ4n) is 3.28. The third-order valence-corrected chi connectivity index (χ3v) is 5.49. The third-order valence-electron chi connectivity index (χ3n) is 4.21. The summed E-state index contributed by atoms with van der Waals surface area (Å²) >= 11 is 2.03. The van der Waals surface area contributed by atoms with Gasteiger partial charge in [0.25, 0.3) is 0 Å². The van der Waals surface area contributed by atoms with Crippen molar-refractivity contribution in [2.45, 2.75) is 61.1 Å². The Morgan fingerprint density at radius 3 is 2.76 bits per heavy atom. The number of thioether (sulfide) groups is 1. The van der Waals surface area contributed by atoms with E-state index < -0.39 is 0 Å². The first kappa shape index (κ1) is 11.6. The molecule has 1 fully saturated rings. The topological polar surface area (TPSA) is 26.0 Å². The van der Waals surface area contributed by atoms with E-state index in [-0.39, 0.29) is 5.54 Å². The van der Waals surface area contributed by atoms with Crippen molar-refractivity contribution >= 4 is 11.8 Å². The molecule has 17 heavy (non-hydrogen) atoms. The minimum atomic E-state index is -0.0410. The van der Waals surface area contributed by atoms with Crippen molar-refractivity contribution < 1.29 is 0 Å². The molecule has 1 atom stereocenters. The second-order valence-electron chi connectivity index (χ2n) is 5.64. The largest absolute Gasteiger partial charge is 0.321 e. The summed E-state index contributed by atoms with van der Waals surface area (Å²) in [7, 11) is 0. The van der Waals surface area contributed by atoms with E-state index in [4.69, 9.17) is 5.73 Å². The summed E-state index contributed by atoms with van der Waals surface area (Å²) in [5, 5.41) is 0.721. The molecule has 1 saturated carbocycles. The van der Waals surface area contributed by atoms with Gasteiger partial charge in [-0.15, -0.1) is 11.8 Å². The molecular formula is C15H21NS. The van der Waals surface area contributed by atoms with Gasteiger partial charge >= 0.3 is 0 Å². The Bertz CT molecular complexity index is 421. The van der Waals surface area contributed by atoms with Gasteiger partial charge in [-0.2, -0.15) is 0 Å². The first-order valence-electron chi connectivity index (χ1n) is 6.77. The molecule has 1 unspecified atom stereocenters. The fourth-order valence-corrected chi connectivity index (χ4v) is 4.65. The second-order valence-corrected chi connectivity index (χ2v) is 7.09. The lowest BCUT2D eigenvalue weighted by Gasteiger charge is -2.35. The zero-order chi connectivity index (χ0) is 11.9. The van der Waals surface area contributed by atoms with Crippen molar-refractivity contribution in [3.05, 3.63) is 29.3 Å². The lowest BCUT2D eigenvalue weighted by molar-refractivity contribution is 0.298. The van der Waals surface area contributed by atoms with Crippen molar-refractivity contribution in [2.75, 3.05) is 0 Å². The summed E-state index contributed by atoms with van der Waals surface area (Å²) in [6, 6.07) is 6.76. The molecule has 2 heteroatoms. The smallest absolute Gasteiger partial charge is 0.0420 e. The van der Waals surface area contributed by atoms with E-state index in [1.165, 1.54) is 54.5 Å². The number of hydrogen-bond donors (Lipinski definition) is 1. The number of fused-ring (bicyclic) bond motifs is 1. The Kier molecular flexibility index (Phi) is 2.95. The van der Waals surface area contributed by atoms with Crippen LogP contribution in [0.2, 0.25) is 0 Å². The van der Waals surface area contributed by atoms with Crippen molar-refractivity contribution in [1.29, 1.82) is 0 Å². The number of nitrogens with two attached hydrogens (primary N) is 1. The van der Waals surface area contributed by atoms with Crippen LogP contribution < -0.4 is 5.73 Å². The van der Waals surface area contributed by atoms with Gasteiger partial charge in [0.05, 0.1) is 0 Å². The van der Waals surface area contributed by atoms with Crippen molar-refractivity contribution in [2.24, 2.45) is 5.73 Å². The van der Waals surface area contributed by atoms with Crippen LogP contribution in [0, 0.1) is 0 Å². The molecule has 0 amide bonds. The van der Waals surface area contributed by atoms with Crippen LogP contribution in [0.15, 0.2) is 23.1 Å². The summed E-state index contributed by atoms with van der Waals surface area (Å²) in [4.78, 5) is 1.50. The maximum absolute atomic E-state index is 6.69. The van der Waals surface area contributed by atoms with Crippen molar-refractivity contribution in [1.82, 2.24) is 0 Å². The molecule has 0 saturated heterocycles. The molecule has 92 valence electrons. The van der Waals surface area contributed by atoms with Crippen LogP contribution in [0.25, 0.3) is 0 Å². The molecule has 1 heterocycles. The average molecular weight is 247 g/mol. The van der Waals surface area contributed by atoms with E-state index in [1.54, 1.807) is 0 Å². The standard InChI is InChI=1S/C15H21NS/c1-11-10-12-6-5-7-13(14(12)17-11)15(16)8-3-2-4-9-15/h5-7,11H,2-4,8-10,16H2,1H3. The zero-order valence-corrected chi connectivity index (χ0v) is 11.4. The SMILES string of the molecule is CC1Cc2cccc(C3(N)CCCCC3)c2S1. The van der Waals surface area contributed by atoms with Crippen LogP contribution in [0.5, 0.6) is 0 Å². The van der Waals surface area contributed by atoms with Crippen molar-refractivity contribution in [3.63, 3.8) is 0 Å². The second kappa shape index (κ2) is 4.33. The molecule has 2 N–H and O–H groups in total. The minimum Gasteiger partial charge on any atom is -0.321 e. The summed E-state index contributed by atoms with van der Waals surface area (Å²) in [6.45, 7) is 2.32. The summed E-state index contributed by atoms with van der Waals surface area (Å²) in [6.07, 6.45) is 7.49. The normalized spacial score (nSPS) is 26.8. The molecule has 2 aliphatic rings.